The molecule has 2 aromatic heterocycles. The molecule has 0 aliphatic heterocycles. The molecule has 2 N–H and O–H groups in total. The largest absolute Gasteiger partial charge is 0.480 e. The summed E-state index contributed by atoms with van der Waals surface area (Å²) in [6.07, 6.45) is 1.51. The van der Waals surface area contributed by atoms with E-state index in [9.17, 15) is 9.59 Å². The molecule has 2 heterocycles. The van der Waals surface area contributed by atoms with Crippen molar-refractivity contribution in [2.45, 2.75) is 6.92 Å². The molecule has 0 aliphatic carbocycles. The number of methoxy groups -OCH3 is 1. The summed E-state index contributed by atoms with van der Waals surface area (Å²) in [7, 11) is 1.41. The zero-order valence-corrected chi connectivity index (χ0v) is 11.7. The number of carboxylic acid groups (broad SMARTS) is 1. The zero-order chi connectivity index (χ0) is 14.7. The highest BCUT2D eigenvalue weighted by Crippen LogP contribution is 2.28. The number of thiophene rings is 1. The van der Waals surface area contributed by atoms with Gasteiger partial charge in [0, 0.05) is 11.1 Å². The number of pyridine rings is 1. The van der Waals surface area contributed by atoms with Gasteiger partial charge in [0.25, 0.3) is 5.91 Å². The third kappa shape index (κ3) is 2.77. The Hall–Kier alpha value is -2.41. The molecule has 0 aromatic carbocycles. The van der Waals surface area contributed by atoms with Crippen molar-refractivity contribution in [3.63, 3.8) is 0 Å². The molecule has 0 fully saturated rings. The van der Waals surface area contributed by atoms with E-state index in [1.54, 1.807) is 19.1 Å². The van der Waals surface area contributed by atoms with Crippen LogP contribution in [0.1, 0.15) is 25.6 Å². The van der Waals surface area contributed by atoms with Crippen molar-refractivity contribution in [1.82, 2.24) is 4.98 Å². The van der Waals surface area contributed by atoms with Crippen LogP contribution in [0.5, 0.6) is 5.88 Å². The number of hydrogen-bond donors (Lipinski definition) is 2. The summed E-state index contributed by atoms with van der Waals surface area (Å²) in [6, 6.07) is 4.68. The predicted octanol–water partition coefficient (Wildman–Crippen LogP) is 2.41. The Morgan fingerprint density at radius 3 is 2.80 bits per heavy atom. The number of rotatable bonds is 4. The van der Waals surface area contributed by atoms with E-state index >= 15 is 0 Å². The van der Waals surface area contributed by atoms with Crippen LogP contribution in [0.25, 0.3) is 0 Å². The Balaban J connectivity index is 2.30. The van der Waals surface area contributed by atoms with Crippen LogP contribution in [0.4, 0.5) is 5.00 Å². The number of ether oxygens (including phenoxy) is 1. The minimum absolute atomic E-state index is 0.0729. The van der Waals surface area contributed by atoms with Crippen molar-refractivity contribution in [2.24, 2.45) is 0 Å². The minimum Gasteiger partial charge on any atom is -0.480 e. The van der Waals surface area contributed by atoms with Crippen molar-refractivity contribution in [1.29, 1.82) is 0 Å². The number of carbonyl (C=O) groups is 2. The predicted molar refractivity (Wildman–Crippen MR) is 74.8 cm³/mol. The van der Waals surface area contributed by atoms with Crippen molar-refractivity contribution < 1.29 is 19.4 Å². The number of carbonyl (C=O) groups excluding carboxylic acids is 1. The SMILES string of the molecule is COc1ncccc1C(=O)Nc1sc(C)cc1C(=O)O. The summed E-state index contributed by atoms with van der Waals surface area (Å²) in [5.41, 5.74) is 0.320. The maximum absolute atomic E-state index is 12.2. The van der Waals surface area contributed by atoms with Crippen molar-refractivity contribution in [2.75, 3.05) is 12.4 Å². The van der Waals surface area contributed by atoms with Gasteiger partial charge in [-0.05, 0) is 25.1 Å². The number of nitrogens with one attached hydrogen (secondary N) is 1. The van der Waals surface area contributed by atoms with Crippen LogP contribution in [0.15, 0.2) is 24.4 Å². The highest BCUT2D eigenvalue weighted by atomic mass is 32.1. The molecule has 7 heteroatoms. The first kappa shape index (κ1) is 14.0. The van der Waals surface area contributed by atoms with Gasteiger partial charge >= 0.3 is 5.97 Å². The summed E-state index contributed by atoms with van der Waals surface area (Å²) in [6.45, 7) is 1.78. The van der Waals surface area contributed by atoms with Gasteiger partial charge in [0.05, 0.1) is 12.7 Å². The number of anilines is 1. The van der Waals surface area contributed by atoms with E-state index in [-0.39, 0.29) is 17.0 Å². The second-order valence-electron chi connectivity index (χ2n) is 3.92. The molecule has 2 aromatic rings. The second-order valence-corrected chi connectivity index (χ2v) is 5.18. The Morgan fingerprint density at radius 2 is 2.15 bits per heavy atom. The highest BCUT2D eigenvalue weighted by Gasteiger charge is 2.19. The van der Waals surface area contributed by atoms with Gasteiger partial charge in [-0.3, -0.25) is 4.79 Å². The highest BCUT2D eigenvalue weighted by molar-refractivity contribution is 7.16. The lowest BCUT2D eigenvalue weighted by atomic mass is 10.2. The molecule has 0 saturated heterocycles. The molecule has 104 valence electrons. The quantitative estimate of drug-likeness (QED) is 0.903. The van der Waals surface area contributed by atoms with E-state index < -0.39 is 11.9 Å². The summed E-state index contributed by atoms with van der Waals surface area (Å²) < 4.78 is 5.00. The van der Waals surface area contributed by atoms with E-state index in [0.717, 1.165) is 4.88 Å². The fraction of sp³-hybridized carbons (Fsp3) is 0.154. The zero-order valence-electron chi connectivity index (χ0n) is 10.8. The minimum atomic E-state index is -1.08. The number of hydrogen-bond acceptors (Lipinski definition) is 5. The van der Waals surface area contributed by atoms with Crippen LogP contribution < -0.4 is 10.1 Å². The van der Waals surface area contributed by atoms with Gasteiger partial charge in [0.2, 0.25) is 5.88 Å². The third-order valence-electron chi connectivity index (χ3n) is 2.52. The molecule has 0 spiro atoms. The van der Waals surface area contributed by atoms with E-state index in [4.69, 9.17) is 9.84 Å². The first-order valence-electron chi connectivity index (χ1n) is 5.67. The molecule has 0 radical (unpaired) electrons. The maximum atomic E-state index is 12.2. The summed E-state index contributed by atoms with van der Waals surface area (Å²) in [4.78, 5) is 28.0. The number of aromatic carboxylic acids is 1. The van der Waals surface area contributed by atoms with E-state index in [1.165, 1.54) is 30.7 Å². The normalized spacial score (nSPS) is 10.1. The Kier molecular flexibility index (Phi) is 3.99. The molecule has 0 aliphatic rings. The first-order valence-corrected chi connectivity index (χ1v) is 6.48. The van der Waals surface area contributed by atoms with E-state index in [0.29, 0.717) is 5.00 Å². The van der Waals surface area contributed by atoms with Gasteiger partial charge in [0.1, 0.15) is 10.6 Å². The van der Waals surface area contributed by atoms with Crippen molar-refractivity contribution in [3.05, 3.63) is 40.4 Å². The molecular weight excluding hydrogens is 280 g/mol. The van der Waals surface area contributed by atoms with E-state index in [2.05, 4.69) is 10.3 Å². The molecular formula is C13H12N2O4S. The summed E-state index contributed by atoms with van der Waals surface area (Å²) >= 11 is 1.21. The Morgan fingerprint density at radius 1 is 1.40 bits per heavy atom. The smallest absolute Gasteiger partial charge is 0.338 e. The van der Waals surface area contributed by atoms with Crippen LogP contribution in [-0.4, -0.2) is 29.1 Å². The maximum Gasteiger partial charge on any atom is 0.338 e. The monoisotopic (exact) mass is 292 g/mol. The lowest BCUT2D eigenvalue weighted by Crippen LogP contribution is -2.14. The number of amides is 1. The van der Waals surface area contributed by atoms with Gasteiger partial charge in [-0.25, -0.2) is 9.78 Å². The number of aromatic nitrogens is 1. The van der Waals surface area contributed by atoms with Gasteiger partial charge < -0.3 is 15.2 Å². The first-order chi connectivity index (χ1) is 9.52. The number of carboxylic acids is 1. The van der Waals surface area contributed by atoms with Crippen LogP contribution >= 0.6 is 11.3 Å². The van der Waals surface area contributed by atoms with Gasteiger partial charge in [-0.2, -0.15) is 0 Å². The fourth-order valence-corrected chi connectivity index (χ4v) is 2.56. The molecule has 0 bridgehead atoms. The van der Waals surface area contributed by atoms with Crippen LogP contribution in [-0.2, 0) is 0 Å². The van der Waals surface area contributed by atoms with Crippen LogP contribution in [0.3, 0.4) is 0 Å². The lowest BCUT2D eigenvalue weighted by molar-refractivity contribution is 0.0698. The number of nitrogens with zero attached hydrogens (tertiary/aromatic N) is 1. The lowest BCUT2D eigenvalue weighted by Gasteiger charge is -2.07. The average molecular weight is 292 g/mol. The molecule has 6 nitrogen and oxygen atoms in total. The Labute approximate surface area is 119 Å². The van der Waals surface area contributed by atoms with E-state index in [1.807, 2.05) is 0 Å². The van der Waals surface area contributed by atoms with Gasteiger partial charge in [-0.15, -0.1) is 11.3 Å². The molecule has 0 saturated carbocycles. The average Bonchev–Trinajstić information content (AvgIpc) is 2.79. The van der Waals surface area contributed by atoms with Gasteiger partial charge in [0.15, 0.2) is 0 Å². The molecule has 20 heavy (non-hydrogen) atoms. The van der Waals surface area contributed by atoms with Crippen molar-refractivity contribution >= 4 is 28.2 Å². The summed E-state index contributed by atoms with van der Waals surface area (Å²) in [5.74, 6) is -1.35. The van der Waals surface area contributed by atoms with Crippen molar-refractivity contribution in [3.8, 4) is 5.88 Å². The van der Waals surface area contributed by atoms with Crippen LogP contribution in [0.2, 0.25) is 0 Å². The van der Waals surface area contributed by atoms with Gasteiger partial charge in [-0.1, -0.05) is 0 Å². The molecule has 2 rings (SSSR count). The van der Waals surface area contributed by atoms with Crippen LogP contribution in [0, 0.1) is 6.92 Å². The molecule has 0 unspecified atom stereocenters. The molecule has 0 atom stereocenters. The summed E-state index contributed by atoms with van der Waals surface area (Å²) in [5, 5.41) is 12.0. The Bertz CT molecular complexity index is 666. The molecule has 1 amide bonds. The topological polar surface area (TPSA) is 88.5 Å². The third-order valence-corrected chi connectivity index (χ3v) is 3.49. The fourth-order valence-electron chi connectivity index (χ4n) is 1.66. The number of aryl methyl sites for hydroxylation is 1. The second kappa shape index (κ2) is 5.70. The standard InChI is InChI=1S/C13H12N2O4S/c1-7-6-9(13(17)18)12(20-7)15-10(16)8-4-3-5-14-11(8)19-2/h3-6H,1-2H3,(H,15,16)(H,17,18).